The summed E-state index contributed by atoms with van der Waals surface area (Å²) in [6, 6.07) is 12.4. The minimum absolute atomic E-state index is 0.264. The Bertz CT molecular complexity index is 1260. The van der Waals surface area contributed by atoms with Crippen LogP contribution in [0.1, 0.15) is 62.4 Å². The normalized spacial score (nSPS) is 18.0. The molecule has 5 rings (SSSR count). The first-order chi connectivity index (χ1) is 15.4. The number of piperidine rings is 1. The third-order valence-corrected chi connectivity index (χ3v) is 7.53. The lowest BCUT2D eigenvalue weighted by molar-refractivity contribution is -0.108. The van der Waals surface area contributed by atoms with Crippen molar-refractivity contribution in [2.45, 2.75) is 50.9 Å². The Kier molecular flexibility index (Phi) is 5.42. The van der Waals surface area contributed by atoms with Crippen molar-refractivity contribution in [1.29, 1.82) is 0 Å². The summed E-state index contributed by atoms with van der Waals surface area (Å²) in [5, 5.41) is 0.926. The monoisotopic (exact) mass is 449 g/mol. The molecule has 0 spiro atoms. The fraction of sp³-hybridized carbons (Fsp3) is 0.423. The van der Waals surface area contributed by atoms with Crippen LogP contribution in [0.25, 0.3) is 16.6 Å². The van der Waals surface area contributed by atoms with Crippen LogP contribution in [0, 0.1) is 0 Å². The van der Waals surface area contributed by atoms with E-state index in [0.29, 0.717) is 22.7 Å². The number of aldehydes is 1. The molecule has 166 valence electrons. The van der Waals surface area contributed by atoms with Crippen molar-refractivity contribution in [3.05, 3.63) is 68.7 Å². The molecular formula is C26H28ClN3O2. The average molecular weight is 450 g/mol. The van der Waals surface area contributed by atoms with Gasteiger partial charge in [-0.3, -0.25) is 9.36 Å². The summed E-state index contributed by atoms with van der Waals surface area (Å²) in [5.74, 6) is 1.28. The quantitative estimate of drug-likeness (QED) is 0.413. The lowest BCUT2D eigenvalue weighted by atomic mass is 9.83. The van der Waals surface area contributed by atoms with E-state index in [1.54, 1.807) is 6.07 Å². The van der Waals surface area contributed by atoms with Crippen molar-refractivity contribution in [3.63, 3.8) is 0 Å². The minimum atomic E-state index is -0.356. The van der Waals surface area contributed by atoms with Crippen molar-refractivity contribution in [3.8, 4) is 5.69 Å². The largest absolute Gasteiger partial charge is 0.303 e. The number of nitrogens with zero attached hydrogens (tertiary/aromatic N) is 3. The van der Waals surface area contributed by atoms with E-state index < -0.39 is 0 Å². The van der Waals surface area contributed by atoms with Gasteiger partial charge in [-0.25, -0.2) is 0 Å². The second-order valence-electron chi connectivity index (χ2n) is 9.54. The summed E-state index contributed by atoms with van der Waals surface area (Å²) < 4.78 is 2.13. The Morgan fingerprint density at radius 1 is 1.19 bits per heavy atom. The number of halogens is 1. The van der Waals surface area contributed by atoms with E-state index in [0.717, 1.165) is 62.2 Å². The summed E-state index contributed by atoms with van der Waals surface area (Å²) in [7, 11) is 0. The van der Waals surface area contributed by atoms with Crippen molar-refractivity contribution < 1.29 is 4.79 Å². The molecule has 1 aromatic heterocycles. The van der Waals surface area contributed by atoms with Gasteiger partial charge in [0, 0.05) is 6.42 Å². The highest BCUT2D eigenvalue weighted by Crippen LogP contribution is 2.44. The first-order valence-electron chi connectivity index (χ1n) is 11.4. The number of rotatable bonds is 5. The van der Waals surface area contributed by atoms with Gasteiger partial charge in [0.05, 0.1) is 27.0 Å². The standard InChI is InChI=1S/C26H28ClN3O2/c1-26(2)19-9-8-18(17-10-13-29(14-11-17)12-3-4-15-31)16-22(19)30-21-7-5-6-20(27)23(21)24(32)28-25(26)30/h5-9,15-17H,3-4,10-14H2,1-2H3. The van der Waals surface area contributed by atoms with Gasteiger partial charge in [-0.1, -0.05) is 29.8 Å². The van der Waals surface area contributed by atoms with Crippen LogP contribution in [0.5, 0.6) is 0 Å². The number of likely N-dealkylation sites (tertiary alicyclic amines) is 1. The number of hydrogen-bond acceptors (Lipinski definition) is 4. The maximum absolute atomic E-state index is 12.8. The van der Waals surface area contributed by atoms with Gasteiger partial charge >= 0.3 is 0 Å². The second kappa shape index (κ2) is 8.13. The molecule has 0 unspecified atom stereocenters. The number of benzene rings is 2. The Hall–Kier alpha value is -2.50. The highest BCUT2D eigenvalue weighted by atomic mass is 35.5. The topological polar surface area (TPSA) is 55.2 Å². The maximum Gasteiger partial charge on any atom is 0.282 e. The minimum Gasteiger partial charge on any atom is -0.303 e. The Morgan fingerprint density at radius 2 is 1.97 bits per heavy atom. The van der Waals surface area contributed by atoms with Crippen LogP contribution in [-0.4, -0.2) is 40.4 Å². The third kappa shape index (κ3) is 3.39. The molecule has 6 heteroatoms. The highest BCUT2D eigenvalue weighted by molar-refractivity contribution is 6.35. The van der Waals surface area contributed by atoms with Gasteiger partial charge in [0.25, 0.3) is 5.56 Å². The molecule has 0 aliphatic carbocycles. The smallest absolute Gasteiger partial charge is 0.282 e. The van der Waals surface area contributed by atoms with Gasteiger partial charge in [0.15, 0.2) is 0 Å². The van der Waals surface area contributed by atoms with E-state index >= 15 is 0 Å². The van der Waals surface area contributed by atoms with Crippen LogP contribution in [0.15, 0.2) is 41.2 Å². The molecule has 2 aliphatic rings. The predicted octanol–water partition coefficient (Wildman–Crippen LogP) is 4.84. The van der Waals surface area contributed by atoms with E-state index in [2.05, 4.69) is 46.5 Å². The highest BCUT2D eigenvalue weighted by Gasteiger charge is 2.39. The molecule has 2 aromatic carbocycles. The molecule has 1 saturated heterocycles. The summed E-state index contributed by atoms with van der Waals surface area (Å²) in [5.41, 5.74) is 3.84. The molecule has 0 amide bonds. The van der Waals surface area contributed by atoms with E-state index in [9.17, 15) is 9.59 Å². The molecular weight excluding hydrogens is 422 g/mol. The molecule has 5 nitrogen and oxygen atoms in total. The van der Waals surface area contributed by atoms with E-state index in [1.807, 2.05) is 12.1 Å². The Balaban J connectivity index is 1.53. The average Bonchev–Trinajstić information content (AvgIpc) is 3.01. The first kappa shape index (κ1) is 21.4. The van der Waals surface area contributed by atoms with Crippen molar-refractivity contribution in [2.75, 3.05) is 19.6 Å². The number of unbranched alkanes of at least 4 members (excludes halogenated alkanes) is 1. The van der Waals surface area contributed by atoms with Crippen LogP contribution in [-0.2, 0) is 10.2 Å². The molecule has 0 bridgehead atoms. The lowest BCUT2D eigenvalue weighted by Gasteiger charge is -2.32. The zero-order chi connectivity index (χ0) is 22.5. The molecule has 2 aliphatic heterocycles. The van der Waals surface area contributed by atoms with E-state index in [-0.39, 0.29) is 11.0 Å². The summed E-state index contributed by atoms with van der Waals surface area (Å²) >= 11 is 6.40. The molecule has 0 atom stereocenters. The molecule has 32 heavy (non-hydrogen) atoms. The van der Waals surface area contributed by atoms with E-state index in [4.69, 9.17) is 11.6 Å². The second-order valence-corrected chi connectivity index (χ2v) is 9.94. The summed E-state index contributed by atoms with van der Waals surface area (Å²) in [6.07, 6.45) is 4.83. The zero-order valence-corrected chi connectivity index (χ0v) is 19.4. The maximum atomic E-state index is 12.8. The van der Waals surface area contributed by atoms with Crippen LogP contribution in [0.3, 0.4) is 0 Å². The van der Waals surface area contributed by atoms with Gasteiger partial charge in [-0.05, 0) is 88.0 Å². The molecule has 0 N–H and O–H groups in total. The van der Waals surface area contributed by atoms with Gasteiger partial charge < -0.3 is 9.69 Å². The zero-order valence-electron chi connectivity index (χ0n) is 18.6. The Morgan fingerprint density at radius 3 is 2.72 bits per heavy atom. The van der Waals surface area contributed by atoms with Gasteiger partial charge in [0.2, 0.25) is 0 Å². The van der Waals surface area contributed by atoms with Gasteiger partial charge in [-0.2, -0.15) is 4.98 Å². The fourth-order valence-corrected chi connectivity index (χ4v) is 5.67. The lowest BCUT2D eigenvalue weighted by Crippen LogP contribution is -2.33. The number of carbonyl (C=O) groups excluding carboxylic acids is 1. The molecule has 1 fully saturated rings. The number of hydrogen-bond donors (Lipinski definition) is 0. The molecule has 3 heterocycles. The number of fused-ring (bicyclic) bond motifs is 5. The van der Waals surface area contributed by atoms with Crippen molar-refractivity contribution in [2.24, 2.45) is 0 Å². The Labute approximate surface area is 193 Å². The van der Waals surface area contributed by atoms with Crippen LogP contribution in [0.2, 0.25) is 5.02 Å². The van der Waals surface area contributed by atoms with E-state index in [1.165, 1.54) is 11.1 Å². The third-order valence-electron chi connectivity index (χ3n) is 7.22. The summed E-state index contributed by atoms with van der Waals surface area (Å²) in [4.78, 5) is 30.3. The van der Waals surface area contributed by atoms with Crippen LogP contribution < -0.4 is 5.56 Å². The fourth-order valence-electron chi connectivity index (χ4n) is 5.41. The molecule has 3 aromatic rings. The first-order valence-corrected chi connectivity index (χ1v) is 11.8. The molecule has 0 radical (unpaired) electrons. The van der Waals surface area contributed by atoms with Gasteiger partial charge in [0.1, 0.15) is 12.1 Å². The summed E-state index contributed by atoms with van der Waals surface area (Å²) in [6.45, 7) is 7.39. The van der Waals surface area contributed by atoms with Crippen LogP contribution >= 0.6 is 11.6 Å². The van der Waals surface area contributed by atoms with Crippen LogP contribution in [0.4, 0.5) is 0 Å². The van der Waals surface area contributed by atoms with Gasteiger partial charge in [-0.15, -0.1) is 0 Å². The molecule has 0 saturated carbocycles. The predicted molar refractivity (Wildman–Crippen MR) is 128 cm³/mol. The van der Waals surface area contributed by atoms with Crippen molar-refractivity contribution in [1.82, 2.24) is 14.5 Å². The number of aromatic nitrogens is 2. The SMILES string of the molecule is CC1(C)c2ccc(C3CCN(CCCC=O)CC3)cc2-n2c1nc(=O)c1c(Cl)cccc12. The van der Waals surface area contributed by atoms with Crippen molar-refractivity contribution >= 4 is 28.8 Å². The number of carbonyl (C=O) groups is 1.